The smallest absolute Gasteiger partial charge is 0.224 e. The van der Waals surface area contributed by atoms with Gasteiger partial charge in [0.25, 0.3) is 0 Å². The fraction of sp³-hybridized carbons (Fsp3) is 0.400. The molecule has 1 aliphatic carbocycles. The van der Waals surface area contributed by atoms with E-state index in [1.54, 1.807) is 6.33 Å². The zero-order chi connectivity index (χ0) is 19.6. The first-order valence-corrected chi connectivity index (χ1v) is 9.93. The number of ether oxygens (including phenoxy) is 1. The van der Waals surface area contributed by atoms with Crippen LogP contribution in [0.15, 0.2) is 37.1 Å². The van der Waals surface area contributed by atoms with Crippen molar-refractivity contribution in [3.8, 4) is 11.1 Å². The largest absolute Gasteiger partial charge is 0.394 e. The van der Waals surface area contributed by atoms with Crippen LogP contribution in [-0.2, 0) is 4.74 Å². The van der Waals surface area contributed by atoms with Crippen molar-refractivity contribution in [2.45, 2.75) is 37.8 Å². The third-order valence-corrected chi connectivity index (χ3v) is 5.49. The van der Waals surface area contributed by atoms with Gasteiger partial charge in [0, 0.05) is 41.1 Å². The van der Waals surface area contributed by atoms with E-state index in [9.17, 15) is 0 Å². The van der Waals surface area contributed by atoms with Crippen LogP contribution in [0.1, 0.15) is 25.7 Å². The van der Waals surface area contributed by atoms with Crippen molar-refractivity contribution in [1.82, 2.24) is 29.5 Å². The second-order valence-corrected chi connectivity index (χ2v) is 7.38. The van der Waals surface area contributed by atoms with Crippen molar-refractivity contribution in [3.63, 3.8) is 0 Å². The molecule has 29 heavy (non-hydrogen) atoms. The van der Waals surface area contributed by atoms with Gasteiger partial charge >= 0.3 is 0 Å². The zero-order valence-corrected chi connectivity index (χ0v) is 16.0. The molecule has 0 saturated heterocycles. The van der Waals surface area contributed by atoms with Gasteiger partial charge in [0.1, 0.15) is 12.0 Å². The Morgan fingerprint density at radius 3 is 3.00 bits per heavy atom. The summed E-state index contributed by atoms with van der Waals surface area (Å²) >= 11 is 0. The number of aromatic nitrogens is 6. The number of nitrogens with one attached hydrogen (secondary N) is 2. The van der Waals surface area contributed by atoms with Crippen LogP contribution in [0.25, 0.3) is 27.8 Å². The molecule has 0 radical (unpaired) electrons. The predicted molar refractivity (Wildman–Crippen MR) is 109 cm³/mol. The molecule has 3 N–H and O–H groups in total. The van der Waals surface area contributed by atoms with Crippen molar-refractivity contribution in [3.05, 3.63) is 37.1 Å². The van der Waals surface area contributed by atoms with E-state index in [-0.39, 0.29) is 12.7 Å². The molecule has 9 nitrogen and oxygen atoms in total. The molecule has 1 aliphatic rings. The number of hydrogen-bond acceptors (Lipinski definition) is 7. The number of nitrogens with zero attached hydrogens (tertiary/aromatic N) is 5. The van der Waals surface area contributed by atoms with Gasteiger partial charge in [-0.3, -0.25) is 4.40 Å². The lowest BCUT2D eigenvalue weighted by Crippen LogP contribution is -2.30. The van der Waals surface area contributed by atoms with Crippen LogP contribution in [0.4, 0.5) is 5.95 Å². The molecule has 0 atom stereocenters. The number of aliphatic hydroxyl groups is 1. The molecule has 0 unspecified atom stereocenters. The maximum Gasteiger partial charge on any atom is 0.224 e. The third kappa shape index (κ3) is 3.66. The van der Waals surface area contributed by atoms with E-state index in [1.807, 2.05) is 35.1 Å². The highest BCUT2D eigenvalue weighted by Gasteiger charge is 2.22. The molecule has 4 aromatic rings. The summed E-state index contributed by atoms with van der Waals surface area (Å²) in [6, 6.07) is 4.31. The summed E-state index contributed by atoms with van der Waals surface area (Å²) in [5.41, 5.74) is 3.71. The third-order valence-electron chi connectivity index (χ3n) is 5.49. The molecule has 4 aromatic heterocycles. The fourth-order valence-electron chi connectivity index (χ4n) is 3.98. The Morgan fingerprint density at radius 1 is 1.24 bits per heavy atom. The molecule has 150 valence electrons. The molecule has 0 aliphatic heterocycles. The summed E-state index contributed by atoms with van der Waals surface area (Å²) in [4.78, 5) is 12.5. The molecule has 1 fully saturated rings. The van der Waals surface area contributed by atoms with Gasteiger partial charge in [0.05, 0.1) is 19.3 Å². The van der Waals surface area contributed by atoms with E-state index in [4.69, 9.17) is 9.84 Å². The summed E-state index contributed by atoms with van der Waals surface area (Å²) < 4.78 is 7.53. The van der Waals surface area contributed by atoms with Crippen LogP contribution >= 0.6 is 0 Å². The van der Waals surface area contributed by atoms with Crippen LogP contribution in [0.3, 0.4) is 0 Å². The molecular formula is C20H23N7O2. The zero-order valence-electron chi connectivity index (χ0n) is 16.0. The van der Waals surface area contributed by atoms with Gasteiger partial charge in [-0.05, 0) is 37.8 Å². The standard InChI is InChI=1S/C20H23N7O2/c28-7-8-29-15-4-2-14(3-5-15)24-20-22-10-17-16(9-21-19(17)25-20)13-1-6-18-26-23-12-27(18)11-13/h1,6,9-12,14-15,28H,2-5,7-8H2,(H2,21,22,24,25)/t14-,15+. The Labute approximate surface area is 167 Å². The SMILES string of the molecule is OCCO[C@H]1CC[C@@H](Nc2ncc3c(-c4ccc5nncn5c4)c[nH]c3n2)CC1. The number of hydrogen-bond donors (Lipinski definition) is 3. The number of fused-ring (bicyclic) bond motifs is 2. The van der Waals surface area contributed by atoms with Gasteiger partial charge in [0.15, 0.2) is 5.65 Å². The van der Waals surface area contributed by atoms with Gasteiger partial charge in [-0.1, -0.05) is 0 Å². The van der Waals surface area contributed by atoms with Crippen molar-refractivity contribution in [1.29, 1.82) is 0 Å². The van der Waals surface area contributed by atoms with Crippen LogP contribution in [0, 0.1) is 0 Å². The molecule has 5 rings (SSSR count). The minimum absolute atomic E-state index is 0.0806. The Hall–Kier alpha value is -3.04. The predicted octanol–water partition coefficient (Wildman–Crippen LogP) is 2.40. The number of aromatic amines is 1. The first kappa shape index (κ1) is 18.0. The van der Waals surface area contributed by atoms with E-state index in [2.05, 4.69) is 30.5 Å². The number of rotatable bonds is 6. The Bertz CT molecular complexity index is 1110. The molecular weight excluding hydrogens is 370 g/mol. The van der Waals surface area contributed by atoms with E-state index in [0.29, 0.717) is 18.6 Å². The highest BCUT2D eigenvalue weighted by Crippen LogP contribution is 2.29. The van der Waals surface area contributed by atoms with E-state index in [1.165, 1.54) is 0 Å². The first-order valence-electron chi connectivity index (χ1n) is 9.93. The summed E-state index contributed by atoms with van der Waals surface area (Å²) in [6.07, 6.45) is 11.7. The van der Waals surface area contributed by atoms with E-state index < -0.39 is 0 Å². The van der Waals surface area contributed by atoms with Gasteiger partial charge in [-0.25, -0.2) is 4.98 Å². The van der Waals surface area contributed by atoms with Crippen molar-refractivity contribution in [2.75, 3.05) is 18.5 Å². The molecule has 0 spiro atoms. The van der Waals surface area contributed by atoms with Crippen molar-refractivity contribution >= 4 is 22.6 Å². The quantitative estimate of drug-likeness (QED) is 0.461. The van der Waals surface area contributed by atoms with Crippen LogP contribution in [0.5, 0.6) is 0 Å². The van der Waals surface area contributed by atoms with Crippen LogP contribution in [-0.4, -0.2) is 60.0 Å². The van der Waals surface area contributed by atoms with Crippen LogP contribution in [0.2, 0.25) is 0 Å². The number of aliphatic hydroxyl groups excluding tert-OH is 1. The average Bonchev–Trinajstić information content (AvgIpc) is 3.39. The minimum atomic E-state index is 0.0806. The first-order chi connectivity index (χ1) is 14.3. The van der Waals surface area contributed by atoms with Crippen molar-refractivity contribution < 1.29 is 9.84 Å². The Balaban J connectivity index is 1.30. The lowest BCUT2D eigenvalue weighted by atomic mass is 9.93. The van der Waals surface area contributed by atoms with E-state index in [0.717, 1.165) is 53.5 Å². The molecule has 0 aromatic carbocycles. The second kappa shape index (κ2) is 7.76. The Kier molecular flexibility index (Phi) is 4.82. The average molecular weight is 393 g/mol. The van der Waals surface area contributed by atoms with Crippen molar-refractivity contribution in [2.24, 2.45) is 0 Å². The number of anilines is 1. The van der Waals surface area contributed by atoms with E-state index >= 15 is 0 Å². The summed E-state index contributed by atoms with van der Waals surface area (Å²) in [5.74, 6) is 0.639. The number of H-pyrrole nitrogens is 1. The lowest BCUT2D eigenvalue weighted by molar-refractivity contribution is 0.00719. The maximum absolute atomic E-state index is 8.88. The molecule has 0 bridgehead atoms. The topological polar surface area (TPSA) is 113 Å². The fourth-order valence-corrected chi connectivity index (χ4v) is 3.98. The van der Waals surface area contributed by atoms with Gasteiger partial charge in [-0.15, -0.1) is 10.2 Å². The molecule has 4 heterocycles. The number of pyridine rings is 1. The maximum atomic E-state index is 8.88. The minimum Gasteiger partial charge on any atom is -0.394 e. The van der Waals surface area contributed by atoms with Crippen LogP contribution < -0.4 is 5.32 Å². The second-order valence-electron chi connectivity index (χ2n) is 7.38. The summed E-state index contributed by atoms with van der Waals surface area (Å²) in [6.45, 7) is 0.499. The molecule has 9 heteroatoms. The van der Waals surface area contributed by atoms with Gasteiger partial charge in [0.2, 0.25) is 5.95 Å². The highest BCUT2D eigenvalue weighted by atomic mass is 16.5. The van der Waals surface area contributed by atoms with Gasteiger partial charge in [-0.2, -0.15) is 4.98 Å². The summed E-state index contributed by atoms with van der Waals surface area (Å²) in [7, 11) is 0. The Morgan fingerprint density at radius 2 is 2.14 bits per heavy atom. The normalized spacial score (nSPS) is 19.8. The monoisotopic (exact) mass is 393 g/mol. The highest BCUT2D eigenvalue weighted by molar-refractivity contribution is 5.93. The lowest BCUT2D eigenvalue weighted by Gasteiger charge is -2.28. The van der Waals surface area contributed by atoms with Gasteiger partial charge < -0.3 is 20.1 Å². The summed E-state index contributed by atoms with van der Waals surface area (Å²) in [5, 5.41) is 21.3. The molecule has 1 saturated carbocycles. The molecule has 0 amide bonds.